The number of hydrogen-bond donors (Lipinski definition) is 2. The number of sulfonamides is 1. The van der Waals surface area contributed by atoms with Crippen LogP contribution in [0.2, 0.25) is 0 Å². The third kappa shape index (κ3) is 12.0. The summed E-state index contributed by atoms with van der Waals surface area (Å²) in [6, 6.07) is 26.1. The van der Waals surface area contributed by atoms with Crippen LogP contribution >= 0.6 is 0 Å². The number of benzene rings is 4. The highest BCUT2D eigenvalue weighted by Crippen LogP contribution is 2.44. The van der Waals surface area contributed by atoms with E-state index >= 15 is 8.42 Å². The largest absolute Gasteiger partial charge is 0.497 e. The Bertz CT molecular complexity index is 2480. The van der Waals surface area contributed by atoms with Crippen molar-refractivity contribution in [2.24, 2.45) is 5.92 Å². The SMILES string of the molecule is COc1ccc(CN(Cc2ccc(OC)cc2)S(=O)(=O)c2c(CC3CCN(C(=O)O)CC3)ccc(C3CCC(NC(=O)OC(C)(C)C)CC3)c2-c2nnn(Cc3ccc(OC)cc3)n2)cc1. The third-order valence-corrected chi connectivity index (χ3v) is 14.3. The molecule has 4 aromatic carbocycles. The number of rotatable bonds is 16. The number of methoxy groups -OCH3 is 3. The van der Waals surface area contributed by atoms with Crippen molar-refractivity contribution >= 4 is 22.2 Å². The molecule has 0 unspecified atom stereocenters. The second-order valence-corrected chi connectivity index (χ2v) is 20.0. The predicted octanol–water partition coefficient (Wildman–Crippen LogP) is 8.29. The zero-order chi connectivity index (χ0) is 47.0. The molecule has 0 bridgehead atoms. The van der Waals surface area contributed by atoms with Crippen LogP contribution in [0.3, 0.4) is 0 Å². The van der Waals surface area contributed by atoms with E-state index in [1.165, 1.54) is 14.0 Å². The Hall–Kier alpha value is -6.20. The number of carboxylic acid groups (broad SMARTS) is 1. The molecule has 0 spiro atoms. The fourth-order valence-electron chi connectivity index (χ4n) is 8.86. The summed E-state index contributed by atoms with van der Waals surface area (Å²) < 4.78 is 55.5. The molecule has 0 atom stereocenters. The van der Waals surface area contributed by atoms with E-state index in [4.69, 9.17) is 24.0 Å². The maximum Gasteiger partial charge on any atom is 0.407 e. The van der Waals surface area contributed by atoms with E-state index in [0.29, 0.717) is 86.4 Å². The Morgan fingerprint density at radius 3 is 1.79 bits per heavy atom. The second kappa shape index (κ2) is 21.0. The molecule has 1 aromatic heterocycles. The lowest BCUT2D eigenvalue weighted by molar-refractivity contribution is 0.0491. The Morgan fingerprint density at radius 1 is 0.758 bits per heavy atom. The molecule has 2 heterocycles. The van der Waals surface area contributed by atoms with Gasteiger partial charge >= 0.3 is 12.2 Å². The first kappa shape index (κ1) is 47.8. The smallest absolute Gasteiger partial charge is 0.407 e. The van der Waals surface area contributed by atoms with Crippen LogP contribution in [0.1, 0.15) is 93.0 Å². The molecule has 7 rings (SSSR count). The van der Waals surface area contributed by atoms with Crippen LogP contribution in [-0.2, 0) is 40.8 Å². The molecule has 1 aliphatic heterocycles. The molecule has 2 N–H and O–H groups in total. The minimum Gasteiger partial charge on any atom is -0.497 e. The first-order valence-electron chi connectivity index (χ1n) is 22.4. The van der Waals surface area contributed by atoms with Gasteiger partial charge in [0.25, 0.3) is 0 Å². The van der Waals surface area contributed by atoms with Crippen molar-refractivity contribution in [3.63, 3.8) is 0 Å². The van der Waals surface area contributed by atoms with Crippen molar-refractivity contribution < 1.29 is 42.1 Å². The molecular formula is C49H61N7O9S. The van der Waals surface area contributed by atoms with Gasteiger partial charge in [-0.3, -0.25) is 0 Å². The number of nitrogens with zero attached hydrogens (tertiary/aromatic N) is 6. The number of amides is 2. The molecule has 352 valence electrons. The van der Waals surface area contributed by atoms with E-state index in [-0.39, 0.29) is 48.2 Å². The average Bonchev–Trinajstić information content (AvgIpc) is 3.77. The van der Waals surface area contributed by atoms with E-state index in [1.807, 2.05) is 106 Å². The first-order valence-corrected chi connectivity index (χ1v) is 23.9. The van der Waals surface area contributed by atoms with Crippen LogP contribution in [0.5, 0.6) is 17.2 Å². The maximum absolute atomic E-state index is 16.1. The van der Waals surface area contributed by atoms with E-state index in [9.17, 15) is 14.7 Å². The summed E-state index contributed by atoms with van der Waals surface area (Å²) in [5, 5.41) is 26.8. The van der Waals surface area contributed by atoms with Crippen molar-refractivity contribution in [3.8, 4) is 28.6 Å². The highest BCUT2D eigenvalue weighted by Gasteiger charge is 2.37. The summed E-state index contributed by atoms with van der Waals surface area (Å²) in [5.41, 5.74) is 3.56. The van der Waals surface area contributed by atoms with Crippen molar-refractivity contribution in [2.75, 3.05) is 34.4 Å². The first-order chi connectivity index (χ1) is 31.6. The topological polar surface area (TPSA) is 188 Å². The molecule has 0 radical (unpaired) electrons. The van der Waals surface area contributed by atoms with Gasteiger partial charge in [-0.05, 0) is 147 Å². The molecule has 5 aromatic rings. The number of aromatic nitrogens is 4. The standard InChI is InChI=1S/C49H61N7O9S/c1-49(2,3)65-47(57)50-39-16-13-37(14-17-39)43-24-15-38(29-33-25-27-54(28-26-33)48(58)59)45(44(43)46-51-53-56(52-46)32-36-11-22-42(64-6)23-12-36)66(60,61)55(30-34-7-18-40(62-4)19-8-34)31-35-9-20-41(63-5)21-10-35/h7-12,15,18-24,33,37,39H,13-14,16-17,25-32H2,1-6H3,(H,50,57)(H,58,59). The number of ether oxygens (including phenoxy) is 4. The van der Waals surface area contributed by atoms with Gasteiger partial charge in [-0.15, -0.1) is 10.2 Å². The minimum absolute atomic E-state index is 0.0120. The summed E-state index contributed by atoms with van der Waals surface area (Å²) in [5.74, 6) is 2.09. The molecule has 1 aliphatic carbocycles. The summed E-state index contributed by atoms with van der Waals surface area (Å²) >= 11 is 0. The molecule has 16 nitrogen and oxygen atoms in total. The predicted molar refractivity (Wildman–Crippen MR) is 248 cm³/mol. The Morgan fingerprint density at radius 2 is 1.29 bits per heavy atom. The van der Waals surface area contributed by atoms with Crippen LogP contribution in [0.25, 0.3) is 11.4 Å². The van der Waals surface area contributed by atoms with Crippen LogP contribution in [0.15, 0.2) is 89.8 Å². The number of alkyl carbamates (subject to hydrolysis) is 1. The second-order valence-electron chi connectivity index (χ2n) is 18.1. The number of carbonyl (C=O) groups is 2. The zero-order valence-corrected chi connectivity index (χ0v) is 39.4. The zero-order valence-electron chi connectivity index (χ0n) is 38.6. The molecule has 17 heteroatoms. The van der Waals surface area contributed by atoms with Gasteiger partial charge in [-0.25, -0.2) is 18.0 Å². The number of carbonyl (C=O) groups excluding carboxylic acids is 1. The Kier molecular flexibility index (Phi) is 15.2. The highest BCUT2D eigenvalue weighted by atomic mass is 32.2. The molecule has 1 saturated heterocycles. The lowest BCUT2D eigenvalue weighted by Crippen LogP contribution is -2.40. The van der Waals surface area contributed by atoms with Crippen molar-refractivity contribution in [3.05, 3.63) is 113 Å². The number of likely N-dealkylation sites (tertiary alicyclic amines) is 1. The van der Waals surface area contributed by atoms with Gasteiger partial charge in [0.15, 0.2) is 0 Å². The molecule has 66 heavy (non-hydrogen) atoms. The van der Waals surface area contributed by atoms with E-state index in [0.717, 1.165) is 22.3 Å². The van der Waals surface area contributed by atoms with Crippen LogP contribution in [0.4, 0.5) is 9.59 Å². The van der Waals surface area contributed by atoms with Crippen molar-refractivity contribution in [2.45, 2.75) is 108 Å². The lowest BCUT2D eigenvalue weighted by Gasteiger charge is -2.33. The lowest BCUT2D eigenvalue weighted by atomic mass is 9.79. The fraction of sp³-hybridized carbons (Fsp3) is 0.449. The van der Waals surface area contributed by atoms with E-state index in [1.54, 1.807) is 21.3 Å². The highest BCUT2D eigenvalue weighted by molar-refractivity contribution is 7.89. The maximum atomic E-state index is 16.1. The van der Waals surface area contributed by atoms with Gasteiger partial charge < -0.3 is 34.3 Å². The Labute approximate surface area is 387 Å². The average molecular weight is 924 g/mol. The van der Waals surface area contributed by atoms with Crippen molar-refractivity contribution in [1.29, 1.82) is 0 Å². The number of hydrogen-bond acceptors (Lipinski definition) is 11. The summed E-state index contributed by atoms with van der Waals surface area (Å²) in [4.78, 5) is 27.7. The quantitative estimate of drug-likeness (QED) is 0.0966. The van der Waals surface area contributed by atoms with Crippen LogP contribution in [-0.4, -0.2) is 101 Å². The number of piperidine rings is 1. The molecule has 2 fully saturated rings. The summed E-state index contributed by atoms with van der Waals surface area (Å²) in [6.07, 6.45) is 2.72. The van der Waals surface area contributed by atoms with Gasteiger partial charge in [0.1, 0.15) is 22.8 Å². The third-order valence-electron chi connectivity index (χ3n) is 12.3. The molecule has 2 amide bonds. The van der Waals surface area contributed by atoms with Crippen LogP contribution in [0, 0.1) is 5.92 Å². The van der Waals surface area contributed by atoms with Gasteiger partial charge in [0.2, 0.25) is 15.8 Å². The van der Waals surface area contributed by atoms with Crippen LogP contribution < -0.4 is 19.5 Å². The fourth-order valence-corrected chi connectivity index (χ4v) is 10.7. The number of nitrogens with one attached hydrogen (secondary N) is 1. The van der Waals surface area contributed by atoms with Gasteiger partial charge in [-0.2, -0.15) is 9.10 Å². The molecular weight excluding hydrogens is 863 g/mol. The molecule has 2 aliphatic rings. The number of tetrazole rings is 1. The minimum atomic E-state index is -4.41. The summed E-state index contributed by atoms with van der Waals surface area (Å²) in [7, 11) is 0.364. The normalized spacial score (nSPS) is 17.0. The van der Waals surface area contributed by atoms with E-state index in [2.05, 4.69) is 15.6 Å². The summed E-state index contributed by atoms with van der Waals surface area (Å²) in [6.45, 7) is 6.56. The Balaban J connectivity index is 1.36. The van der Waals surface area contributed by atoms with Crippen molar-refractivity contribution in [1.82, 2.24) is 34.7 Å². The van der Waals surface area contributed by atoms with Gasteiger partial charge in [-0.1, -0.05) is 48.5 Å². The van der Waals surface area contributed by atoms with Gasteiger partial charge in [0.05, 0.1) is 32.8 Å². The molecule has 1 saturated carbocycles. The van der Waals surface area contributed by atoms with E-state index < -0.39 is 27.8 Å². The van der Waals surface area contributed by atoms with Gasteiger partial charge in [0, 0.05) is 37.8 Å². The monoisotopic (exact) mass is 923 g/mol.